The van der Waals surface area contributed by atoms with Crippen molar-refractivity contribution >= 4 is 21.8 Å². The topological polar surface area (TPSA) is 4.93 Å². The Hall–Kier alpha value is -2.54. The molecule has 0 saturated carbocycles. The Kier molecular flexibility index (Phi) is 4.91. The lowest BCUT2D eigenvalue weighted by Crippen LogP contribution is -2.06. The van der Waals surface area contributed by atoms with Gasteiger partial charge in [0.25, 0.3) is 0 Å². The van der Waals surface area contributed by atoms with Crippen LogP contribution in [0.5, 0.6) is 0 Å². The van der Waals surface area contributed by atoms with Crippen LogP contribution in [0.4, 0.5) is 0 Å². The molecule has 3 aromatic carbocycles. The van der Waals surface area contributed by atoms with E-state index in [0.717, 1.165) is 0 Å². The van der Waals surface area contributed by atoms with E-state index in [9.17, 15) is 0 Å². The van der Waals surface area contributed by atoms with Gasteiger partial charge in [0.05, 0.1) is 16.7 Å². The molecule has 0 fully saturated rings. The molecule has 0 saturated heterocycles. The molecule has 0 aliphatic heterocycles. The van der Waals surface area contributed by atoms with Gasteiger partial charge in [0, 0.05) is 10.8 Å². The molecule has 0 spiro atoms. The van der Waals surface area contributed by atoms with Gasteiger partial charge < -0.3 is 4.57 Å². The summed E-state index contributed by atoms with van der Waals surface area (Å²) in [7, 11) is 0. The van der Waals surface area contributed by atoms with Crippen molar-refractivity contribution < 1.29 is 0 Å². The first kappa shape index (κ1) is 18.3. The first-order valence-electron chi connectivity index (χ1n) is 9.58. The molecule has 0 amide bonds. The number of para-hydroxylation sites is 2. The lowest BCUT2D eigenvalue weighted by Gasteiger charge is -2.21. The molecule has 0 radical (unpaired) electrons. The van der Waals surface area contributed by atoms with Crippen LogP contribution in [0, 0.1) is 34.6 Å². The molecule has 4 aromatic rings. The van der Waals surface area contributed by atoms with Crippen LogP contribution in [0.3, 0.4) is 0 Å². The molecule has 1 aromatic heterocycles. The van der Waals surface area contributed by atoms with Crippen molar-refractivity contribution in [2.24, 2.45) is 0 Å². The van der Waals surface area contributed by atoms with E-state index in [4.69, 9.17) is 0 Å². The van der Waals surface area contributed by atoms with Gasteiger partial charge in [0.1, 0.15) is 0 Å². The van der Waals surface area contributed by atoms with Crippen LogP contribution >= 0.6 is 0 Å². The maximum atomic E-state index is 2.45. The summed E-state index contributed by atoms with van der Waals surface area (Å²) in [4.78, 5) is 0. The summed E-state index contributed by atoms with van der Waals surface area (Å²) in [6.45, 7) is 15.2. The van der Waals surface area contributed by atoms with E-state index in [1.165, 1.54) is 55.3 Å². The van der Waals surface area contributed by atoms with Gasteiger partial charge >= 0.3 is 0 Å². The van der Waals surface area contributed by atoms with Crippen LogP contribution in [-0.2, 0) is 0 Å². The molecular weight excluding hydrogens is 314 g/mol. The number of hydrogen-bond acceptors (Lipinski definition) is 0. The molecule has 26 heavy (non-hydrogen) atoms. The summed E-state index contributed by atoms with van der Waals surface area (Å²) >= 11 is 0. The molecule has 0 aliphatic carbocycles. The number of aromatic nitrogens is 1. The predicted molar refractivity (Wildman–Crippen MR) is 116 cm³/mol. The van der Waals surface area contributed by atoms with E-state index in [1.807, 2.05) is 13.8 Å². The number of fused-ring (bicyclic) bond motifs is 3. The molecule has 0 aliphatic rings. The van der Waals surface area contributed by atoms with Crippen molar-refractivity contribution in [1.82, 2.24) is 4.57 Å². The smallest absolute Gasteiger partial charge is 0.0541 e. The van der Waals surface area contributed by atoms with Crippen molar-refractivity contribution in [1.29, 1.82) is 0 Å². The van der Waals surface area contributed by atoms with Gasteiger partial charge in [0.2, 0.25) is 0 Å². The Balaban J connectivity index is 0.000000948. The minimum atomic E-state index is 1.28. The zero-order valence-electron chi connectivity index (χ0n) is 17.1. The third-order valence-electron chi connectivity index (χ3n) is 5.76. The van der Waals surface area contributed by atoms with E-state index in [1.54, 1.807) is 0 Å². The standard InChI is InChI=1S/C23H23N.C2H6/c1-14-15(2)17(4)23(18(5)16(14)3)24-21-12-8-6-10-19(21)20-11-7-9-13-22(20)24;1-2/h6-13H,1-5H3;1-2H3. The van der Waals surface area contributed by atoms with Crippen molar-refractivity contribution in [2.45, 2.75) is 48.5 Å². The second-order valence-corrected chi connectivity index (χ2v) is 6.84. The summed E-state index contributed by atoms with van der Waals surface area (Å²) in [5, 5.41) is 2.64. The Bertz CT molecular complexity index is 1010. The summed E-state index contributed by atoms with van der Waals surface area (Å²) in [6.07, 6.45) is 0. The predicted octanol–water partition coefficient (Wildman–Crippen LogP) is 7.35. The second-order valence-electron chi connectivity index (χ2n) is 6.84. The van der Waals surface area contributed by atoms with Crippen LogP contribution in [0.25, 0.3) is 27.5 Å². The summed E-state index contributed by atoms with van der Waals surface area (Å²) in [5.41, 5.74) is 10.9. The lowest BCUT2D eigenvalue weighted by molar-refractivity contribution is 1.07. The quantitative estimate of drug-likeness (QED) is 0.340. The number of rotatable bonds is 1. The zero-order chi connectivity index (χ0) is 19.0. The van der Waals surface area contributed by atoms with Crippen LogP contribution in [0.2, 0.25) is 0 Å². The fourth-order valence-electron chi connectivity index (χ4n) is 3.98. The molecule has 1 heterocycles. The average Bonchev–Trinajstić information content (AvgIpc) is 3.01. The number of benzene rings is 3. The van der Waals surface area contributed by atoms with E-state index in [-0.39, 0.29) is 0 Å². The molecule has 0 atom stereocenters. The zero-order valence-corrected chi connectivity index (χ0v) is 17.1. The molecule has 4 rings (SSSR count). The first-order valence-corrected chi connectivity index (χ1v) is 9.58. The molecular formula is C25H29N. The van der Waals surface area contributed by atoms with E-state index < -0.39 is 0 Å². The van der Waals surface area contributed by atoms with Gasteiger partial charge in [-0.05, 0) is 74.6 Å². The highest BCUT2D eigenvalue weighted by Crippen LogP contribution is 2.36. The van der Waals surface area contributed by atoms with Crippen LogP contribution in [-0.4, -0.2) is 4.57 Å². The average molecular weight is 344 g/mol. The Morgan fingerprint density at radius 2 is 0.846 bits per heavy atom. The van der Waals surface area contributed by atoms with Gasteiger partial charge in [-0.2, -0.15) is 0 Å². The Morgan fingerprint density at radius 1 is 0.500 bits per heavy atom. The fourth-order valence-corrected chi connectivity index (χ4v) is 3.98. The van der Waals surface area contributed by atoms with Gasteiger partial charge in [-0.15, -0.1) is 0 Å². The third kappa shape index (κ3) is 2.54. The summed E-state index contributed by atoms with van der Waals surface area (Å²) in [6, 6.07) is 17.5. The maximum absolute atomic E-state index is 2.45. The lowest BCUT2D eigenvalue weighted by atomic mass is 9.92. The highest BCUT2D eigenvalue weighted by atomic mass is 15.0. The van der Waals surface area contributed by atoms with Gasteiger partial charge in [-0.3, -0.25) is 0 Å². The van der Waals surface area contributed by atoms with Crippen molar-refractivity contribution in [3.8, 4) is 5.69 Å². The molecule has 0 unspecified atom stereocenters. The highest BCUT2D eigenvalue weighted by Gasteiger charge is 2.18. The molecule has 134 valence electrons. The van der Waals surface area contributed by atoms with E-state index >= 15 is 0 Å². The number of nitrogens with zero attached hydrogens (tertiary/aromatic N) is 1. The van der Waals surface area contributed by atoms with E-state index in [0.29, 0.717) is 0 Å². The molecule has 1 heteroatoms. The van der Waals surface area contributed by atoms with Crippen LogP contribution < -0.4 is 0 Å². The van der Waals surface area contributed by atoms with Gasteiger partial charge in [0.15, 0.2) is 0 Å². The van der Waals surface area contributed by atoms with Gasteiger partial charge in [-0.1, -0.05) is 50.2 Å². The van der Waals surface area contributed by atoms with Crippen molar-refractivity contribution in [2.75, 3.05) is 0 Å². The minimum absolute atomic E-state index is 1.28. The van der Waals surface area contributed by atoms with Crippen LogP contribution in [0.1, 0.15) is 41.7 Å². The maximum Gasteiger partial charge on any atom is 0.0541 e. The third-order valence-corrected chi connectivity index (χ3v) is 5.76. The minimum Gasteiger partial charge on any atom is -0.309 e. The molecule has 1 nitrogen and oxygen atoms in total. The van der Waals surface area contributed by atoms with Crippen LogP contribution in [0.15, 0.2) is 48.5 Å². The largest absolute Gasteiger partial charge is 0.309 e. The highest BCUT2D eigenvalue weighted by molar-refractivity contribution is 6.09. The van der Waals surface area contributed by atoms with Gasteiger partial charge in [-0.25, -0.2) is 0 Å². The second kappa shape index (κ2) is 6.99. The molecule has 0 bridgehead atoms. The van der Waals surface area contributed by atoms with Crippen molar-refractivity contribution in [3.05, 3.63) is 76.3 Å². The Morgan fingerprint density at radius 3 is 1.27 bits per heavy atom. The van der Waals surface area contributed by atoms with E-state index in [2.05, 4.69) is 87.7 Å². The SMILES string of the molecule is CC.Cc1c(C)c(C)c(-n2c3ccccc3c3ccccc32)c(C)c1C. The fraction of sp³-hybridized carbons (Fsp3) is 0.280. The van der Waals surface area contributed by atoms with Crippen molar-refractivity contribution in [3.63, 3.8) is 0 Å². The summed E-state index contributed by atoms with van der Waals surface area (Å²) in [5.74, 6) is 0. The molecule has 0 N–H and O–H groups in total. The monoisotopic (exact) mass is 343 g/mol. The first-order chi connectivity index (χ1) is 12.5. The Labute approximate surface area is 157 Å². The number of hydrogen-bond donors (Lipinski definition) is 0. The normalized spacial score (nSPS) is 10.9. The summed E-state index contributed by atoms with van der Waals surface area (Å²) < 4.78 is 2.45.